The number of nitrogens with two attached hydrogens (primary N) is 1. The Labute approximate surface area is 104 Å². The molecule has 0 bridgehead atoms. The van der Waals surface area contributed by atoms with Crippen molar-refractivity contribution in [2.24, 2.45) is 5.73 Å². The molecule has 0 spiro atoms. The monoisotopic (exact) mass is 233 g/mol. The first-order valence-corrected chi connectivity index (χ1v) is 6.69. The molecule has 2 heteroatoms. The van der Waals surface area contributed by atoms with Crippen LogP contribution in [0.25, 0.3) is 0 Å². The van der Waals surface area contributed by atoms with Crippen LogP contribution in [0.2, 0.25) is 0 Å². The maximum atomic E-state index is 6.08. The van der Waals surface area contributed by atoms with Gasteiger partial charge in [-0.05, 0) is 56.7 Å². The van der Waals surface area contributed by atoms with Gasteiger partial charge in [0.2, 0.25) is 0 Å². The standard InChI is InChI=1S/C15H23NO/c1-11-10-13(12(2)16)8-9-15(11)17-14-6-4-3-5-7-14/h8-10,12,14H,3-7,16H2,1-2H3/t12-/m1/s1. The van der Waals surface area contributed by atoms with Gasteiger partial charge in [-0.25, -0.2) is 0 Å². The fourth-order valence-corrected chi connectivity index (χ4v) is 2.45. The summed E-state index contributed by atoms with van der Waals surface area (Å²) in [5, 5.41) is 0. The maximum absolute atomic E-state index is 6.08. The molecule has 1 aromatic carbocycles. The van der Waals surface area contributed by atoms with Crippen molar-refractivity contribution in [1.29, 1.82) is 0 Å². The van der Waals surface area contributed by atoms with Gasteiger partial charge in [0.1, 0.15) is 5.75 Å². The van der Waals surface area contributed by atoms with Crippen LogP contribution >= 0.6 is 0 Å². The molecule has 1 fully saturated rings. The maximum Gasteiger partial charge on any atom is 0.122 e. The van der Waals surface area contributed by atoms with Crippen molar-refractivity contribution in [3.8, 4) is 5.75 Å². The summed E-state index contributed by atoms with van der Waals surface area (Å²) in [6.07, 6.45) is 6.80. The van der Waals surface area contributed by atoms with Crippen molar-refractivity contribution >= 4 is 0 Å². The summed E-state index contributed by atoms with van der Waals surface area (Å²) < 4.78 is 6.08. The van der Waals surface area contributed by atoms with E-state index in [1.54, 1.807) is 0 Å². The second-order valence-corrected chi connectivity index (χ2v) is 5.19. The third-order valence-electron chi connectivity index (χ3n) is 3.57. The Hall–Kier alpha value is -1.02. The van der Waals surface area contributed by atoms with E-state index in [4.69, 9.17) is 10.5 Å². The van der Waals surface area contributed by atoms with Crippen LogP contribution in [-0.4, -0.2) is 6.10 Å². The Bertz CT molecular complexity index is 367. The van der Waals surface area contributed by atoms with Gasteiger partial charge in [0, 0.05) is 6.04 Å². The smallest absolute Gasteiger partial charge is 0.122 e. The zero-order valence-electron chi connectivity index (χ0n) is 10.9. The first kappa shape index (κ1) is 12.4. The minimum atomic E-state index is 0.0948. The van der Waals surface area contributed by atoms with E-state index in [1.165, 1.54) is 43.2 Å². The van der Waals surface area contributed by atoms with E-state index in [1.807, 2.05) is 6.92 Å². The lowest BCUT2D eigenvalue weighted by molar-refractivity contribution is 0.154. The van der Waals surface area contributed by atoms with Gasteiger partial charge in [0.15, 0.2) is 0 Å². The van der Waals surface area contributed by atoms with E-state index in [2.05, 4.69) is 25.1 Å². The van der Waals surface area contributed by atoms with Gasteiger partial charge in [-0.1, -0.05) is 18.6 Å². The van der Waals surface area contributed by atoms with Gasteiger partial charge in [-0.15, -0.1) is 0 Å². The molecule has 1 saturated carbocycles. The van der Waals surface area contributed by atoms with Crippen LogP contribution in [0.4, 0.5) is 0 Å². The molecule has 1 aliphatic carbocycles. The second kappa shape index (κ2) is 5.54. The lowest BCUT2D eigenvalue weighted by Gasteiger charge is -2.24. The molecule has 0 aliphatic heterocycles. The van der Waals surface area contributed by atoms with Crippen LogP contribution in [0.5, 0.6) is 5.75 Å². The number of aryl methyl sites for hydroxylation is 1. The molecule has 0 unspecified atom stereocenters. The Kier molecular flexibility index (Phi) is 4.06. The lowest BCUT2D eigenvalue weighted by Crippen LogP contribution is -2.20. The van der Waals surface area contributed by atoms with Gasteiger partial charge in [-0.2, -0.15) is 0 Å². The topological polar surface area (TPSA) is 35.2 Å². The summed E-state index contributed by atoms with van der Waals surface area (Å²) in [7, 11) is 0. The fraction of sp³-hybridized carbons (Fsp3) is 0.600. The van der Waals surface area contributed by atoms with Crippen LogP contribution in [0.3, 0.4) is 0 Å². The molecule has 2 rings (SSSR count). The number of hydrogen-bond acceptors (Lipinski definition) is 2. The minimum absolute atomic E-state index is 0.0948. The summed E-state index contributed by atoms with van der Waals surface area (Å²) in [4.78, 5) is 0. The van der Waals surface area contributed by atoms with Crippen LogP contribution in [0.1, 0.15) is 56.2 Å². The molecule has 2 N–H and O–H groups in total. The average Bonchev–Trinajstić information content (AvgIpc) is 2.33. The Morgan fingerprint density at radius 2 is 1.94 bits per heavy atom. The quantitative estimate of drug-likeness (QED) is 0.863. The summed E-state index contributed by atoms with van der Waals surface area (Å²) in [5.41, 5.74) is 8.25. The third-order valence-corrected chi connectivity index (χ3v) is 3.57. The summed E-state index contributed by atoms with van der Waals surface area (Å²) >= 11 is 0. The van der Waals surface area contributed by atoms with E-state index < -0.39 is 0 Å². The molecule has 0 amide bonds. The largest absolute Gasteiger partial charge is 0.490 e. The van der Waals surface area contributed by atoms with E-state index >= 15 is 0 Å². The molecule has 1 atom stereocenters. The molecular weight excluding hydrogens is 210 g/mol. The van der Waals surface area contributed by atoms with Gasteiger partial charge >= 0.3 is 0 Å². The molecule has 1 aromatic rings. The highest BCUT2D eigenvalue weighted by atomic mass is 16.5. The van der Waals surface area contributed by atoms with Gasteiger partial charge in [0.05, 0.1) is 6.10 Å². The summed E-state index contributed by atoms with van der Waals surface area (Å²) in [6, 6.07) is 6.39. The summed E-state index contributed by atoms with van der Waals surface area (Å²) in [5.74, 6) is 1.03. The van der Waals surface area contributed by atoms with Crippen molar-refractivity contribution in [3.63, 3.8) is 0 Å². The predicted molar refractivity (Wildman–Crippen MR) is 71.3 cm³/mol. The van der Waals surface area contributed by atoms with Crippen LogP contribution in [0, 0.1) is 6.92 Å². The molecule has 0 saturated heterocycles. The normalized spacial score (nSPS) is 19.0. The fourth-order valence-electron chi connectivity index (χ4n) is 2.45. The van der Waals surface area contributed by atoms with Crippen molar-refractivity contribution in [1.82, 2.24) is 0 Å². The molecule has 2 nitrogen and oxygen atoms in total. The first-order valence-electron chi connectivity index (χ1n) is 6.69. The molecular formula is C15H23NO. The third kappa shape index (κ3) is 3.22. The van der Waals surface area contributed by atoms with Gasteiger partial charge in [-0.3, -0.25) is 0 Å². The molecule has 0 radical (unpaired) electrons. The number of benzene rings is 1. The van der Waals surface area contributed by atoms with Gasteiger partial charge < -0.3 is 10.5 Å². The van der Waals surface area contributed by atoms with Crippen molar-refractivity contribution in [3.05, 3.63) is 29.3 Å². The Balaban J connectivity index is 2.05. The van der Waals surface area contributed by atoms with Crippen LogP contribution < -0.4 is 10.5 Å². The number of rotatable bonds is 3. The Morgan fingerprint density at radius 1 is 1.24 bits per heavy atom. The highest BCUT2D eigenvalue weighted by Gasteiger charge is 2.15. The zero-order chi connectivity index (χ0) is 12.3. The van der Waals surface area contributed by atoms with E-state index in [9.17, 15) is 0 Å². The molecule has 17 heavy (non-hydrogen) atoms. The van der Waals surface area contributed by atoms with Crippen LogP contribution in [-0.2, 0) is 0 Å². The molecule has 1 aliphatic rings. The molecule has 94 valence electrons. The van der Waals surface area contributed by atoms with Crippen molar-refractivity contribution < 1.29 is 4.74 Å². The number of ether oxygens (including phenoxy) is 1. The molecule has 0 aromatic heterocycles. The van der Waals surface area contributed by atoms with E-state index in [0.29, 0.717) is 6.10 Å². The lowest BCUT2D eigenvalue weighted by atomic mass is 9.97. The minimum Gasteiger partial charge on any atom is -0.490 e. The highest BCUT2D eigenvalue weighted by Crippen LogP contribution is 2.27. The average molecular weight is 233 g/mol. The van der Waals surface area contributed by atoms with Crippen molar-refractivity contribution in [2.75, 3.05) is 0 Å². The predicted octanol–water partition coefficient (Wildman–Crippen LogP) is 3.73. The molecule has 0 heterocycles. The number of hydrogen-bond donors (Lipinski definition) is 1. The Morgan fingerprint density at radius 3 is 2.53 bits per heavy atom. The SMILES string of the molecule is Cc1cc([C@@H](C)N)ccc1OC1CCCCC1. The zero-order valence-corrected chi connectivity index (χ0v) is 10.9. The van der Waals surface area contributed by atoms with Crippen molar-refractivity contribution in [2.45, 2.75) is 58.1 Å². The van der Waals surface area contributed by atoms with E-state index in [-0.39, 0.29) is 6.04 Å². The highest BCUT2D eigenvalue weighted by molar-refractivity contribution is 5.37. The summed E-state index contributed by atoms with van der Waals surface area (Å²) in [6.45, 7) is 4.11. The first-order chi connectivity index (χ1) is 8.16. The van der Waals surface area contributed by atoms with E-state index in [0.717, 1.165) is 5.75 Å². The van der Waals surface area contributed by atoms with Gasteiger partial charge in [0.25, 0.3) is 0 Å². The second-order valence-electron chi connectivity index (χ2n) is 5.19. The van der Waals surface area contributed by atoms with Crippen LogP contribution in [0.15, 0.2) is 18.2 Å².